The lowest BCUT2D eigenvalue weighted by atomic mass is 10.0. The first-order chi connectivity index (χ1) is 5.63. The van der Waals surface area contributed by atoms with Gasteiger partial charge in [0.2, 0.25) is 0 Å². The Labute approximate surface area is 70.8 Å². The van der Waals surface area contributed by atoms with Gasteiger partial charge in [0.1, 0.15) is 5.82 Å². The SMILES string of the molecule is CC(O)[C@H](N)c1ccccc1F. The fourth-order valence-corrected chi connectivity index (χ4v) is 1.01. The molecule has 0 spiro atoms. The Bertz CT molecular complexity index is 262. The first-order valence-electron chi connectivity index (χ1n) is 3.81. The second-order valence-corrected chi connectivity index (χ2v) is 2.79. The molecule has 0 saturated carbocycles. The van der Waals surface area contributed by atoms with Crippen molar-refractivity contribution < 1.29 is 9.50 Å². The predicted molar refractivity (Wildman–Crippen MR) is 45.0 cm³/mol. The van der Waals surface area contributed by atoms with Gasteiger partial charge in [-0.2, -0.15) is 0 Å². The number of hydrogen-bond donors (Lipinski definition) is 2. The van der Waals surface area contributed by atoms with Crippen molar-refractivity contribution >= 4 is 0 Å². The maximum Gasteiger partial charge on any atom is 0.128 e. The van der Waals surface area contributed by atoms with E-state index in [1.165, 1.54) is 13.0 Å². The molecule has 1 aromatic rings. The van der Waals surface area contributed by atoms with E-state index in [-0.39, 0.29) is 5.82 Å². The van der Waals surface area contributed by atoms with Crippen molar-refractivity contribution in [3.8, 4) is 0 Å². The van der Waals surface area contributed by atoms with Crippen LogP contribution in [0.2, 0.25) is 0 Å². The maximum atomic E-state index is 13.0. The Kier molecular flexibility index (Phi) is 2.78. The van der Waals surface area contributed by atoms with E-state index in [1.807, 2.05) is 0 Å². The summed E-state index contributed by atoms with van der Waals surface area (Å²) >= 11 is 0. The molecule has 0 bridgehead atoms. The normalized spacial score (nSPS) is 15.7. The van der Waals surface area contributed by atoms with Crippen LogP contribution in [0.1, 0.15) is 18.5 Å². The Morgan fingerprint density at radius 3 is 2.50 bits per heavy atom. The lowest BCUT2D eigenvalue weighted by Crippen LogP contribution is -2.24. The summed E-state index contributed by atoms with van der Waals surface area (Å²) in [6.07, 6.45) is -0.734. The molecule has 2 nitrogen and oxygen atoms in total. The maximum absolute atomic E-state index is 13.0. The highest BCUT2D eigenvalue weighted by Crippen LogP contribution is 2.16. The highest BCUT2D eigenvalue weighted by Gasteiger charge is 2.14. The zero-order chi connectivity index (χ0) is 9.14. The summed E-state index contributed by atoms with van der Waals surface area (Å²) in [5.74, 6) is -0.370. The zero-order valence-corrected chi connectivity index (χ0v) is 6.87. The van der Waals surface area contributed by atoms with Crippen molar-refractivity contribution in [3.63, 3.8) is 0 Å². The van der Waals surface area contributed by atoms with Gasteiger partial charge in [-0.15, -0.1) is 0 Å². The Hall–Kier alpha value is -0.930. The van der Waals surface area contributed by atoms with Gasteiger partial charge in [-0.1, -0.05) is 18.2 Å². The Balaban J connectivity index is 2.94. The van der Waals surface area contributed by atoms with E-state index in [4.69, 9.17) is 10.8 Å². The fourth-order valence-electron chi connectivity index (χ4n) is 1.01. The molecule has 3 heteroatoms. The molecule has 0 aliphatic rings. The van der Waals surface area contributed by atoms with Crippen LogP contribution in [-0.2, 0) is 0 Å². The lowest BCUT2D eigenvalue weighted by molar-refractivity contribution is 0.162. The van der Waals surface area contributed by atoms with Gasteiger partial charge < -0.3 is 10.8 Å². The molecule has 0 amide bonds. The summed E-state index contributed by atoms with van der Waals surface area (Å²) in [5.41, 5.74) is 5.90. The molecular weight excluding hydrogens is 157 g/mol. The van der Waals surface area contributed by atoms with Crippen LogP contribution < -0.4 is 5.73 Å². The third-order valence-corrected chi connectivity index (χ3v) is 1.78. The summed E-state index contributed by atoms with van der Waals surface area (Å²) in [6.45, 7) is 1.54. The molecule has 0 heterocycles. The van der Waals surface area contributed by atoms with Crippen LogP contribution in [0, 0.1) is 5.82 Å². The minimum absolute atomic E-state index is 0.354. The van der Waals surface area contributed by atoms with E-state index in [0.717, 1.165) is 0 Å². The fraction of sp³-hybridized carbons (Fsp3) is 0.333. The molecule has 0 saturated heterocycles. The topological polar surface area (TPSA) is 46.2 Å². The molecule has 0 fully saturated rings. The molecule has 2 atom stereocenters. The van der Waals surface area contributed by atoms with Gasteiger partial charge in [-0.05, 0) is 13.0 Å². The molecule has 0 aromatic heterocycles. The molecule has 3 N–H and O–H groups in total. The molecule has 1 rings (SSSR count). The van der Waals surface area contributed by atoms with E-state index in [0.29, 0.717) is 5.56 Å². The highest BCUT2D eigenvalue weighted by molar-refractivity contribution is 5.21. The van der Waals surface area contributed by atoms with Crippen molar-refractivity contribution in [3.05, 3.63) is 35.6 Å². The Morgan fingerprint density at radius 1 is 1.42 bits per heavy atom. The minimum Gasteiger partial charge on any atom is -0.391 e. The van der Waals surface area contributed by atoms with Crippen LogP contribution in [-0.4, -0.2) is 11.2 Å². The quantitative estimate of drug-likeness (QED) is 0.699. The van der Waals surface area contributed by atoms with Gasteiger partial charge in [0.25, 0.3) is 0 Å². The van der Waals surface area contributed by atoms with Gasteiger partial charge in [0.15, 0.2) is 0 Å². The third kappa shape index (κ3) is 1.81. The second-order valence-electron chi connectivity index (χ2n) is 2.79. The summed E-state index contributed by atoms with van der Waals surface area (Å²) in [7, 11) is 0. The molecule has 0 aliphatic heterocycles. The van der Waals surface area contributed by atoms with Gasteiger partial charge >= 0.3 is 0 Å². The van der Waals surface area contributed by atoms with Crippen molar-refractivity contribution in [1.82, 2.24) is 0 Å². The number of halogens is 1. The van der Waals surface area contributed by atoms with Crippen LogP contribution in [0.4, 0.5) is 4.39 Å². The number of rotatable bonds is 2. The Morgan fingerprint density at radius 2 is 2.00 bits per heavy atom. The van der Waals surface area contributed by atoms with Gasteiger partial charge in [0, 0.05) is 5.56 Å². The third-order valence-electron chi connectivity index (χ3n) is 1.78. The smallest absolute Gasteiger partial charge is 0.128 e. The molecule has 1 unspecified atom stereocenters. The predicted octanol–water partition coefficient (Wildman–Crippen LogP) is 1.21. The summed E-state index contributed by atoms with van der Waals surface area (Å²) in [6, 6.07) is 5.55. The van der Waals surface area contributed by atoms with Crippen LogP contribution in [0.25, 0.3) is 0 Å². The standard InChI is InChI=1S/C9H12FNO/c1-6(12)9(11)7-4-2-3-5-8(7)10/h2-6,9,12H,11H2,1H3/t6?,9-/m0/s1. The van der Waals surface area contributed by atoms with E-state index >= 15 is 0 Å². The van der Waals surface area contributed by atoms with Gasteiger partial charge in [-0.25, -0.2) is 4.39 Å². The second kappa shape index (κ2) is 3.65. The van der Waals surface area contributed by atoms with Crippen LogP contribution in [0.3, 0.4) is 0 Å². The van der Waals surface area contributed by atoms with Crippen molar-refractivity contribution in [1.29, 1.82) is 0 Å². The lowest BCUT2D eigenvalue weighted by Gasteiger charge is -2.15. The number of aliphatic hydroxyl groups excluding tert-OH is 1. The summed E-state index contributed by atoms with van der Waals surface area (Å²) < 4.78 is 13.0. The van der Waals surface area contributed by atoms with Crippen molar-refractivity contribution in [2.24, 2.45) is 5.73 Å². The average molecular weight is 169 g/mol. The number of benzene rings is 1. The largest absolute Gasteiger partial charge is 0.391 e. The molecule has 66 valence electrons. The molecule has 0 radical (unpaired) electrons. The van der Waals surface area contributed by atoms with E-state index < -0.39 is 12.1 Å². The minimum atomic E-state index is -0.734. The summed E-state index contributed by atoms with van der Waals surface area (Å²) in [5, 5.41) is 9.11. The molecule has 1 aromatic carbocycles. The zero-order valence-electron chi connectivity index (χ0n) is 6.87. The first kappa shape index (κ1) is 9.16. The van der Waals surface area contributed by atoms with Crippen LogP contribution in [0.5, 0.6) is 0 Å². The number of aliphatic hydroxyl groups is 1. The monoisotopic (exact) mass is 169 g/mol. The van der Waals surface area contributed by atoms with Crippen LogP contribution in [0.15, 0.2) is 24.3 Å². The number of hydrogen-bond acceptors (Lipinski definition) is 2. The molecular formula is C9H12FNO. The highest BCUT2D eigenvalue weighted by atomic mass is 19.1. The van der Waals surface area contributed by atoms with Crippen LogP contribution >= 0.6 is 0 Å². The van der Waals surface area contributed by atoms with E-state index in [1.54, 1.807) is 18.2 Å². The molecule has 12 heavy (non-hydrogen) atoms. The van der Waals surface area contributed by atoms with Crippen molar-refractivity contribution in [2.45, 2.75) is 19.1 Å². The average Bonchev–Trinajstić information content (AvgIpc) is 2.04. The van der Waals surface area contributed by atoms with Gasteiger partial charge in [0.05, 0.1) is 12.1 Å². The first-order valence-corrected chi connectivity index (χ1v) is 3.81. The number of nitrogens with two attached hydrogens (primary N) is 1. The van der Waals surface area contributed by atoms with Crippen molar-refractivity contribution in [2.75, 3.05) is 0 Å². The van der Waals surface area contributed by atoms with E-state index in [2.05, 4.69) is 0 Å². The van der Waals surface area contributed by atoms with E-state index in [9.17, 15) is 4.39 Å². The summed E-state index contributed by atoms with van der Waals surface area (Å²) in [4.78, 5) is 0. The van der Waals surface area contributed by atoms with Gasteiger partial charge in [-0.3, -0.25) is 0 Å². The molecule has 0 aliphatic carbocycles.